The first kappa shape index (κ1) is 12.7. The van der Waals surface area contributed by atoms with E-state index in [9.17, 15) is 8.78 Å². The van der Waals surface area contributed by atoms with Crippen molar-refractivity contribution >= 4 is 0 Å². The molecule has 0 N–H and O–H groups in total. The topological polar surface area (TPSA) is 18.5 Å². The lowest BCUT2D eigenvalue weighted by Crippen LogP contribution is -2.14. The highest BCUT2D eigenvalue weighted by Gasteiger charge is 2.33. The molecule has 0 aliphatic rings. The van der Waals surface area contributed by atoms with Crippen molar-refractivity contribution in [3.63, 3.8) is 0 Å². The fraction of sp³-hybridized carbons (Fsp3) is 0.500. The first-order chi connectivity index (χ1) is 7.47. The summed E-state index contributed by atoms with van der Waals surface area (Å²) in [5.41, 5.74) is 0.506. The molecule has 2 nitrogen and oxygen atoms in total. The van der Waals surface area contributed by atoms with Gasteiger partial charge in [-0.3, -0.25) is 0 Å². The quantitative estimate of drug-likeness (QED) is 0.788. The van der Waals surface area contributed by atoms with E-state index in [1.807, 2.05) is 0 Å². The lowest BCUT2D eigenvalue weighted by Gasteiger charge is -2.20. The molecule has 0 fully saturated rings. The van der Waals surface area contributed by atoms with Crippen molar-refractivity contribution in [1.29, 1.82) is 0 Å². The van der Waals surface area contributed by atoms with Gasteiger partial charge in [-0.2, -0.15) is 0 Å². The molecule has 0 aliphatic heterocycles. The number of alkyl halides is 2. The van der Waals surface area contributed by atoms with Gasteiger partial charge in [-0.25, -0.2) is 8.78 Å². The molecule has 1 rings (SSSR count). The third kappa shape index (κ3) is 2.10. The highest BCUT2D eigenvalue weighted by atomic mass is 19.3. The summed E-state index contributed by atoms with van der Waals surface area (Å²) in [7, 11) is 2.89. The number of methoxy groups -OCH3 is 2. The van der Waals surface area contributed by atoms with Gasteiger partial charge in [0.25, 0.3) is 5.92 Å². The monoisotopic (exact) mass is 230 g/mol. The smallest absolute Gasteiger partial charge is 0.276 e. The van der Waals surface area contributed by atoms with Gasteiger partial charge in [-0.1, -0.05) is 6.92 Å². The Kier molecular flexibility index (Phi) is 3.73. The predicted molar refractivity (Wildman–Crippen MR) is 58.5 cm³/mol. The molecular formula is C12H16F2O2. The third-order valence-electron chi connectivity index (χ3n) is 2.62. The van der Waals surface area contributed by atoms with Crippen LogP contribution in [0.15, 0.2) is 12.1 Å². The summed E-state index contributed by atoms with van der Waals surface area (Å²) in [6, 6.07) is 2.89. The Labute approximate surface area is 94.2 Å². The van der Waals surface area contributed by atoms with E-state index in [0.717, 1.165) is 0 Å². The second-order valence-corrected chi connectivity index (χ2v) is 3.53. The summed E-state index contributed by atoms with van der Waals surface area (Å²) in [4.78, 5) is 0. The number of halogens is 2. The van der Waals surface area contributed by atoms with E-state index < -0.39 is 5.92 Å². The zero-order valence-electron chi connectivity index (χ0n) is 9.93. The Bertz CT molecular complexity index is 376. The Balaban J connectivity index is 3.37. The lowest BCUT2D eigenvalue weighted by atomic mass is 10.0. The molecule has 1 aromatic carbocycles. The number of ether oxygens (including phenoxy) is 2. The van der Waals surface area contributed by atoms with Crippen molar-refractivity contribution in [2.24, 2.45) is 0 Å². The van der Waals surface area contributed by atoms with Crippen LogP contribution in [0.4, 0.5) is 8.78 Å². The third-order valence-corrected chi connectivity index (χ3v) is 2.62. The highest BCUT2D eigenvalue weighted by molar-refractivity contribution is 5.50. The second-order valence-electron chi connectivity index (χ2n) is 3.53. The SMILES string of the molecule is CCC(F)(F)c1ccc(OC)c(C)c1OC. The standard InChI is InChI=1S/C12H16F2O2/c1-5-12(13,14)9-6-7-10(15-3)8(2)11(9)16-4/h6-7H,5H2,1-4H3. The predicted octanol–water partition coefficient (Wildman–Crippen LogP) is 3.51. The second kappa shape index (κ2) is 4.68. The minimum Gasteiger partial charge on any atom is -0.496 e. The minimum atomic E-state index is -2.87. The summed E-state index contributed by atoms with van der Waals surface area (Å²) < 4.78 is 37.4. The van der Waals surface area contributed by atoms with E-state index in [1.54, 1.807) is 6.92 Å². The maximum Gasteiger partial charge on any atom is 0.276 e. The zero-order valence-corrected chi connectivity index (χ0v) is 9.93. The number of hydrogen-bond acceptors (Lipinski definition) is 2. The molecular weight excluding hydrogens is 214 g/mol. The van der Waals surface area contributed by atoms with Gasteiger partial charge >= 0.3 is 0 Å². The van der Waals surface area contributed by atoms with Crippen LogP contribution in [0, 0.1) is 6.92 Å². The van der Waals surface area contributed by atoms with E-state index in [2.05, 4.69) is 0 Å². The normalized spacial score (nSPS) is 11.4. The Morgan fingerprint density at radius 3 is 2.25 bits per heavy atom. The summed E-state index contributed by atoms with van der Waals surface area (Å²) in [6.45, 7) is 3.14. The van der Waals surface area contributed by atoms with Gasteiger partial charge in [0.05, 0.1) is 19.8 Å². The maximum absolute atomic E-state index is 13.6. The van der Waals surface area contributed by atoms with Crippen LogP contribution in [0.1, 0.15) is 24.5 Å². The molecule has 0 aliphatic carbocycles. The van der Waals surface area contributed by atoms with E-state index >= 15 is 0 Å². The van der Waals surface area contributed by atoms with Gasteiger partial charge in [0.1, 0.15) is 11.5 Å². The van der Waals surface area contributed by atoms with E-state index in [4.69, 9.17) is 9.47 Å². The Morgan fingerprint density at radius 1 is 1.19 bits per heavy atom. The summed E-state index contributed by atoms with van der Waals surface area (Å²) >= 11 is 0. The van der Waals surface area contributed by atoms with Crippen molar-refractivity contribution < 1.29 is 18.3 Å². The molecule has 4 heteroatoms. The Morgan fingerprint density at radius 2 is 1.81 bits per heavy atom. The van der Waals surface area contributed by atoms with Gasteiger partial charge in [0.15, 0.2) is 0 Å². The molecule has 0 saturated heterocycles. The summed E-state index contributed by atoms with van der Waals surface area (Å²) in [5, 5.41) is 0. The molecule has 0 radical (unpaired) electrons. The summed E-state index contributed by atoms with van der Waals surface area (Å²) in [5.74, 6) is -2.12. The molecule has 0 spiro atoms. The first-order valence-electron chi connectivity index (χ1n) is 5.07. The van der Waals surface area contributed by atoms with Gasteiger partial charge in [0, 0.05) is 12.0 Å². The fourth-order valence-electron chi connectivity index (χ4n) is 1.64. The van der Waals surface area contributed by atoms with Crippen LogP contribution in [-0.4, -0.2) is 14.2 Å². The van der Waals surface area contributed by atoms with Crippen molar-refractivity contribution in [3.05, 3.63) is 23.3 Å². The van der Waals surface area contributed by atoms with Crippen LogP contribution in [0.5, 0.6) is 11.5 Å². The number of rotatable bonds is 4. The van der Waals surface area contributed by atoms with E-state index in [1.165, 1.54) is 33.3 Å². The molecule has 1 aromatic rings. The molecule has 0 heterocycles. The van der Waals surface area contributed by atoms with Gasteiger partial charge in [-0.05, 0) is 19.1 Å². The molecule has 0 bridgehead atoms. The molecule has 0 unspecified atom stereocenters. The molecule has 16 heavy (non-hydrogen) atoms. The minimum absolute atomic E-state index is 0.0872. The molecule has 0 saturated carbocycles. The largest absolute Gasteiger partial charge is 0.496 e. The van der Waals surface area contributed by atoms with Crippen LogP contribution in [0.2, 0.25) is 0 Å². The zero-order chi connectivity index (χ0) is 12.3. The van der Waals surface area contributed by atoms with Crippen LogP contribution < -0.4 is 9.47 Å². The molecule has 0 amide bonds. The number of hydrogen-bond donors (Lipinski definition) is 0. The lowest BCUT2D eigenvalue weighted by molar-refractivity contribution is -0.0105. The maximum atomic E-state index is 13.6. The van der Waals surface area contributed by atoms with Gasteiger partial charge in [-0.15, -0.1) is 0 Å². The summed E-state index contributed by atoms with van der Waals surface area (Å²) in [6.07, 6.45) is -0.255. The fourth-order valence-corrected chi connectivity index (χ4v) is 1.64. The van der Waals surface area contributed by atoms with Crippen molar-refractivity contribution in [2.75, 3.05) is 14.2 Å². The molecule has 0 atom stereocenters. The number of benzene rings is 1. The van der Waals surface area contributed by atoms with Crippen LogP contribution in [0.25, 0.3) is 0 Å². The van der Waals surface area contributed by atoms with Crippen molar-refractivity contribution in [3.8, 4) is 11.5 Å². The molecule has 90 valence electrons. The van der Waals surface area contributed by atoms with Crippen molar-refractivity contribution in [2.45, 2.75) is 26.2 Å². The van der Waals surface area contributed by atoms with Gasteiger partial charge < -0.3 is 9.47 Å². The molecule has 0 aromatic heterocycles. The average molecular weight is 230 g/mol. The van der Waals surface area contributed by atoms with Gasteiger partial charge in [0.2, 0.25) is 0 Å². The van der Waals surface area contributed by atoms with Crippen LogP contribution in [0.3, 0.4) is 0 Å². The Hall–Kier alpha value is -1.32. The average Bonchev–Trinajstić information content (AvgIpc) is 2.28. The van der Waals surface area contributed by atoms with Crippen LogP contribution >= 0.6 is 0 Å². The highest BCUT2D eigenvalue weighted by Crippen LogP contribution is 2.41. The van der Waals surface area contributed by atoms with E-state index in [0.29, 0.717) is 11.3 Å². The van der Waals surface area contributed by atoms with E-state index in [-0.39, 0.29) is 17.7 Å². The van der Waals surface area contributed by atoms with Crippen molar-refractivity contribution in [1.82, 2.24) is 0 Å². The first-order valence-corrected chi connectivity index (χ1v) is 5.07. The van der Waals surface area contributed by atoms with Crippen LogP contribution in [-0.2, 0) is 5.92 Å².